The number of nitrogens with zero attached hydrogens (tertiary/aromatic N) is 4. The van der Waals surface area contributed by atoms with Gasteiger partial charge in [0, 0.05) is 34.0 Å². The largest absolute Gasteiger partial charge is 0.319 e. The van der Waals surface area contributed by atoms with Crippen molar-refractivity contribution in [3.8, 4) is 0 Å². The van der Waals surface area contributed by atoms with Crippen LogP contribution >= 0.6 is 11.8 Å². The third-order valence-corrected chi connectivity index (χ3v) is 5.54. The number of fused-ring (bicyclic) bond motifs is 1. The van der Waals surface area contributed by atoms with Crippen molar-refractivity contribution in [1.29, 1.82) is 0 Å². The van der Waals surface area contributed by atoms with Crippen LogP contribution < -0.4 is 5.32 Å². The van der Waals surface area contributed by atoms with Crippen LogP contribution in [0.5, 0.6) is 0 Å². The summed E-state index contributed by atoms with van der Waals surface area (Å²) in [7, 11) is 0. The molecule has 0 bridgehead atoms. The topological polar surface area (TPSA) is 72.2 Å². The zero-order chi connectivity index (χ0) is 21.1. The maximum absolute atomic E-state index is 12.5. The lowest BCUT2D eigenvalue weighted by Crippen LogP contribution is -2.17. The van der Waals surface area contributed by atoms with Crippen molar-refractivity contribution in [2.45, 2.75) is 36.8 Å². The predicted molar refractivity (Wildman–Crippen MR) is 120 cm³/mol. The van der Waals surface area contributed by atoms with E-state index in [9.17, 15) is 4.79 Å². The second-order valence-corrected chi connectivity index (χ2v) is 9.06. The molecule has 0 spiro atoms. The molecule has 0 aliphatic carbocycles. The van der Waals surface area contributed by atoms with E-state index < -0.39 is 0 Å². The van der Waals surface area contributed by atoms with Gasteiger partial charge in [0.25, 0.3) is 5.91 Å². The number of benzene rings is 1. The number of imidazole rings is 1. The number of carbonyl (C=O) groups excluding carboxylic acids is 1. The molecule has 30 heavy (non-hydrogen) atoms. The molecule has 152 valence electrons. The van der Waals surface area contributed by atoms with Gasteiger partial charge < -0.3 is 9.72 Å². The van der Waals surface area contributed by atoms with Crippen molar-refractivity contribution in [3.63, 3.8) is 0 Å². The number of pyridine rings is 1. The molecule has 0 unspecified atom stereocenters. The maximum Gasteiger partial charge on any atom is 0.255 e. The Balaban J connectivity index is 1.36. The van der Waals surface area contributed by atoms with Crippen molar-refractivity contribution >= 4 is 29.0 Å². The molecule has 1 N–H and O–H groups in total. The monoisotopic (exact) mass is 417 g/mol. The quantitative estimate of drug-likeness (QED) is 0.464. The molecule has 7 heteroatoms. The lowest BCUT2D eigenvalue weighted by Gasteiger charge is -2.16. The lowest BCUT2D eigenvalue weighted by molar-refractivity contribution is 0.102. The molecule has 0 aliphatic heterocycles. The highest BCUT2D eigenvalue weighted by atomic mass is 32.2. The lowest BCUT2D eigenvalue weighted by atomic mass is 9.96. The average molecular weight is 418 g/mol. The number of amides is 1. The van der Waals surface area contributed by atoms with Crippen LogP contribution in [0.2, 0.25) is 0 Å². The van der Waals surface area contributed by atoms with Gasteiger partial charge >= 0.3 is 0 Å². The maximum atomic E-state index is 12.5. The van der Waals surface area contributed by atoms with Gasteiger partial charge in [-0.25, -0.2) is 15.0 Å². The van der Waals surface area contributed by atoms with E-state index in [0.29, 0.717) is 11.3 Å². The van der Waals surface area contributed by atoms with E-state index >= 15 is 0 Å². The molecule has 1 amide bonds. The van der Waals surface area contributed by atoms with Crippen molar-refractivity contribution in [3.05, 3.63) is 84.3 Å². The first-order chi connectivity index (χ1) is 14.4. The Hall–Kier alpha value is -3.19. The smallest absolute Gasteiger partial charge is 0.255 e. The van der Waals surface area contributed by atoms with Crippen LogP contribution in [0.1, 0.15) is 42.6 Å². The number of carbonyl (C=O) groups is 1. The van der Waals surface area contributed by atoms with E-state index in [1.54, 1.807) is 24.2 Å². The second kappa shape index (κ2) is 8.28. The molecule has 1 aromatic carbocycles. The predicted octanol–water partition coefficient (Wildman–Crippen LogP) is 4.97. The molecule has 4 aromatic rings. The minimum Gasteiger partial charge on any atom is -0.319 e. The normalized spacial score (nSPS) is 11.6. The van der Waals surface area contributed by atoms with Crippen LogP contribution in [-0.4, -0.2) is 25.3 Å². The van der Waals surface area contributed by atoms with Crippen molar-refractivity contribution in [2.75, 3.05) is 5.32 Å². The summed E-state index contributed by atoms with van der Waals surface area (Å²) in [5, 5.41) is 2.85. The molecule has 3 aromatic heterocycles. The number of anilines is 1. The van der Waals surface area contributed by atoms with Gasteiger partial charge in [0.05, 0.1) is 23.8 Å². The molecule has 4 rings (SSSR count). The number of hydrogen-bond acceptors (Lipinski definition) is 5. The minimum atomic E-state index is -0.181. The SMILES string of the molecule is CC(C)(C)c1ncc(NC(=O)c2ccc(SCc3cn4ccccc4n3)cc2)cn1. The molecular weight excluding hydrogens is 394 g/mol. The summed E-state index contributed by atoms with van der Waals surface area (Å²) in [6.07, 6.45) is 7.32. The Labute approximate surface area is 179 Å². The van der Waals surface area contributed by atoms with Crippen molar-refractivity contribution < 1.29 is 4.79 Å². The van der Waals surface area contributed by atoms with Crippen LogP contribution in [0, 0.1) is 0 Å². The summed E-state index contributed by atoms with van der Waals surface area (Å²) in [4.78, 5) is 26.9. The van der Waals surface area contributed by atoms with Crippen LogP contribution in [0.25, 0.3) is 5.65 Å². The number of hydrogen-bond donors (Lipinski definition) is 1. The molecule has 3 heterocycles. The van der Waals surface area contributed by atoms with Crippen LogP contribution in [0.4, 0.5) is 5.69 Å². The number of rotatable bonds is 5. The second-order valence-electron chi connectivity index (χ2n) is 8.01. The van der Waals surface area contributed by atoms with E-state index in [-0.39, 0.29) is 11.3 Å². The van der Waals surface area contributed by atoms with Crippen molar-refractivity contribution in [1.82, 2.24) is 19.4 Å². The fourth-order valence-corrected chi connectivity index (χ4v) is 3.68. The Morgan fingerprint density at radius 1 is 1.07 bits per heavy atom. The van der Waals surface area contributed by atoms with Gasteiger partial charge in [-0.3, -0.25) is 4.79 Å². The van der Waals surface area contributed by atoms with E-state index in [0.717, 1.165) is 27.8 Å². The summed E-state index contributed by atoms with van der Waals surface area (Å²) in [5.41, 5.74) is 3.01. The van der Waals surface area contributed by atoms with E-state index in [1.807, 2.05) is 59.3 Å². The molecule has 0 radical (unpaired) electrons. The fourth-order valence-electron chi connectivity index (χ4n) is 2.90. The van der Waals surface area contributed by atoms with Gasteiger partial charge in [-0.05, 0) is 36.4 Å². The van der Waals surface area contributed by atoms with Crippen molar-refractivity contribution in [2.24, 2.45) is 0 Å². The van der Waals surface area contributed by atoms with E-state index in [4.69, 9.17) is 0 Å². The van der Waals surface area contributed by atoms with Crippen LogP contribution in [0.3, 0.4) is 0 Å². The third-order valence-electron chi connectivity index (χ3n) is 4.50. The number of thioether (sulfide) groups is 1. The molecule has 0 saturated carbocycles. The molecule has 0 fully saturated rings. The Morgan fingerprint density at radius 3 is 2.47 bits per heavy atom. The van der Waals surface area contributed by atoms with Gasteiger partial charge in [0.2, 0.25) is 0 Å². The zero-order valence-corrected chi connectivity index (χ0v) is 18.0. The molecular formula is C23H23N5OS. The average Bonchev–Trinajstić information content (AvgIpc) is 3.15. The Kier molecular flexibility index (Phi) is 5.55. The summed E-state index contributed by atoms with van der Waals surface area (Å²) < 4.78 is 2.01. The molecule has 0 saturated heterocycles. The summed E-state index contributed by atoms with van der Waals surface area (Å²) in [5.74, 6) is 1.33. The van der Waals surface area contributed by atoms with Gasteiger partial charge in [-0.1, -0.05) is 26.8 Å². The standard InChI is InChI=1S/C23H23N5OS/c1-23(2,3)22-24-12-17(13-25-22)27-21(29)16-7-9-19(10-8-16)30-15-18-14-28-11-5-4-6-20(28)26-18/h4-14H,15H2,1-3H3,(H,27,29). The fraction of sp³-hybridized carbons (Fsp3) is 0.217. The number of aromatic nitrogens is 4. The summed E-state index contributed by atoms with van der Waals surface area (Å²) in [6, 6.07) is 13.5. The highest BCUT2D eigenvalue weighted by Crippen LogP contribution is 2.23. The van der Waals surface area contributed by atoms with Gasteiger partial charge in [0.15, 0.2) is 0 Å². The van der Waals surface area contributed by atoms with Crippen LogP contribution in [-0.2, 0) is 11.2 Å². The zero-order valence-electron chi connectivity index (χ0n) is 17.2. The Morgan fingerprint density at radius 2 is 1.80 bits per heavy atom. The first-order valence-corrected chi connectivity index (χ1v) is 10.7. The van der Waals surface area contributed by atoms with E-state index in [1.165, 1.54) is 0 Å². The molecule has 0 aliphatic rings. The first kappa shape index (κ1) is 20.1. The summed E-state index contributed by atoms with van der Waals surface area (Å²) in [6.45, 7) is 6.15. The first-order valence-electron chi connectivity index (χ1n) is 9.68. The highest BCUT2D eigenvalue weighted by molar-refractivity contribution is 7.98. The van der Waals surface area contributed by atoms with Gasteiger partial charge in [0.1, 0.15) is 11.5 Å². The highest BCUT2D eigenvalue weighted by Gasteiger charge is 2.17. The number of nitrogens with one attached hydrogen (secondary N) is 1. The Bertz CT molecular complexity index is 1130. The van der Waals surface area contributed by atoms with Gasteiger partial charge in [-0.15, -0.1) is 11.8 Å². The van der Waals surface area contributed by atoms with Crippen LogP contribution in [0.15, 0.2) is 72.1 Å². The third kappa shape index (κ3) is 4.68. The van der Waals surface area contributed by atoms with Gasteiger partial charge in [-0.2, -0.15) is 0 Å². The molecule has 0 atom stereocenters. The summed E-state index contributed by atoms with van der Waals surface area (Å²) >= 11 is 1.69. The molecule has 6 nitrogen and oxygen atoms in total. The minimum absolute atomic E-state index is 0.126. The van der Waals surface area contributed by atoms with E-state index in [2.05, 4.69) is 41.0 Å².